The molecule has 0 bridgehead atoms. The number of rotatable bonds is 5. The van der Waals surface area contributed by atoms with Gasteiger partial charge in [-0.15, -0.1) is 0 Å². The summed E-state index contributed by atoms with van der Waals surface area (Å²) < 4.78 is 21.4. The van der Waals surface area contributed by atoms with Crippen molar-refractivity contribution in [1.82, 2.24) is 4.67 Å². The fourth-order valence-electron chi connectivity index (χ4n) is 2.28. The van der Waals surface area contributed by atoms with Gasteiger partial charge in [-0.1, -0.05) is 22.9 Å². The summed E-state index contributed by atoms with van der Waals surface area (Å²) in [5.74, 6) is 0.0896. The fraction of sp³-hybridized carbons (Fsp3) is 0.933. The number of hydrogen-bond donors (Lipinski definition) is 0. The Labute approximate surface area is 137 Å². The molecule has 2 atom stereocenters. The van der Waals surface area contributed by atoms with Crippen LogP contribution in [0.5, 0.6) is 0 Å². The molecule has 1 heterocycles. The Morgan fingerprint density at radius 3 is 2.24 bits per heavy atom. The average molecular weight is 379 g/mol. The summed E-state index contributed by atoms with van der Waals surface area (Å²) in [6, 6.07) is 2.32. The van der Waals surface area contributed by atoms with Crippen LogP contribution in [-0.4, -0.2) is 33.8 Å². The predicted octanol–water partition coefficient (Wildman–Crippen LogP) is 4.79. The van der Waals surface area contributed by atoms with E-state index >= 15 is 0 Å². The first kappa shape index (κ1) is 19.2. The minimum atomic E-state index is -2.93. The second kappa shape index (κ2) is 7.13. The molecule has 0 aromatic carbocycles. The zero-order valence-electron chi connectivity index (χ0n) is 13.9. The molecule has 0 aliphatic carbocycles. The SMILES string of the molecule is CCC(C)(Br)COP(=O)(N1CCC(C#N)CC1)C(C)(C)C. The van der Waals surface area contributed by atoms with Crippen molar-refractivity contribution in [2.45, 2.75) is 63.4 Å². The topological polar surface area (TPSA) is 53.3 Å². The van der Waals surface area contributed by atoms with E-state index in [9.17, 15) is 4.57 Å². The molecule has 0 spiro atoms. The lowest BCUT2D eigenvalue weighted by molar-refractivity contribution is 0.203. The smallest absolute Gasteiger partial charge is 0.277 e. The van der Waals surface area contributed by atoms with E-state index < -0.39 is 12.7 Å². The molecule has 1 aliphatic rings. The quantitative estimate of drug-likeness (QED) is 0.509. The maximum absolute atomic E-state index is 13.5. The van der Waals surface area contributed by atoms with Gasteiger partial charge in [-0.3, -0.25) is 4.57 Å². The Balaban J connectivity index is 2.86. The first-order valence-electron chi connectivity index (χ1n) is 7.64. The molecule has 2 unspecified atom stereocenters. The maximum atomic E-state index is 13.5. The second-order valence-electron chi connectivity index (χ2n) is 7.09. The van der Waals surface area contributed by atoms with Crippen LogP contribution in [0.2, 0.25) is 0 Å². The molecule has 6 heteroatoms. The van der Waals surface area contributed by atoms with Gasteiger partial charge in [-0.05, 0) is 47.0 Å². The van der Waals surface area contributed by atoms with E-state index in [-0.39, 0.29) is 10.2 Å². The van der Waals surface area contributed by atoms with Crippen molar-refractivity contribution in [3.05, 3.63) is 0 Å². The standard InChI is InChI=1S/C15H28BrN2O2P/c1-6-15(5,16)12-20-21(19,14(2,3)4)18-9-7-13(11-17)8-10-18/h13H,6-10,12H2,1-5H3. The molecule has 1 rings (SSSR count). The van der Waals surface area contributed by atoms with Gasteiger partial charge in [0.15, 0.2) is 0 Å². The molecule has 0 radical (unpaired) electrons. The minimum absolute atomic E-state index is 0.0896. The number of hydrogen-bond acceptors (Lipinski definition) is 3. The van der Waals surface area contributed by atoms with Crippen LogP contribution in [0.1, 0.15) is 53.9 Å². The van der Waals surface area contributed by atoms with Crippen LogP contribution in [0.3, 0.4) is 0 Å². The zero-order valence-corrected chi connectivity index (χ0v) is 16.3. The maximum Gasteiger partial charge on any atom is 0.277 e. The largest absolute Gasteiger partial charge is 0.316 e. The van der Waals surface area contributed by atoms with Crippen molar-refractivity contribution in [2.24, 2.45) is 5.92 Å². The molecular weight excluding hydrogens is 351 g/mol. The summed E-state index contributed by atoms with van der Waals surface area (Å²) in [5.41, 5.74) is 0. The first-order valence-corrected chi connectivity index (χ1v) is 10.0. The van der Waals surface area contributed by atoms with Gasteiger partial charge in [0.2, 0.25) is 0 Å². The highest BCUT2D eigenvalue weighted by molar-refractivity contribution is 9.10. The van der Waals surface area contributed by atoms with Crippen LogP contribution in [0.25, 0.3) is 0 Å². The van der Waals surface area contributed by atoms with Crippen molar-refractivity contribution in [1.29, 1.82) is 5.26 Å². The Morgan fingerprint density at radius 1 is 1.33 bits per heavy atom. The van der Waals surface area contributed by atoms with Gasteiger partial charge < -0.3 is 4.52 Å². The van der Waals surface area contributed by atoms with E-state index in [1.807, 2.05) is 25.4 Å². The third kappa shape index (κ3) is 4.79. The van der Waals surface area contributed by atoms with Gasteiger partial charge in [0.05, 0.1) is 17.8 Å². The third-order valence-electron chi connectivity index (χ3n) is 4.15. The van der Waals surface area contributed by atoms with E-state index in [0.717, 1.165) is 19.3 Å². The molecular formula is C15H28BrN2O2P. The Kier molecular flexibility index (Phi) is 6.51. The Bertz CT molecular complexity index is 432. The molecule has 4 nitrogen and oxygen atoms in total. The van der Waals surface area contributed by atoms with Gasteiger partial charge >= 0.3 is 0 Å². The van der Waals surface area contributed by atoms with Gasteiger partial charge in [0.25, 0.3) is 7.52 Å². The number of nitrogens with zero attached hydrogens (tertiary/aromatic N) is 2. The van der Waals surface area contributed by atoms with Crippen molar-refractivity contribution in [3.63, 3.8) is 0 Å². The lowest BCUT2D eigenvalue weighted by atomic mass is 10.0. The van der Waals surface area contributed by atoms with Crippen molar-refractivity contribution in [2.75, 3.05) is 19.7 Å². The van der Waals surface area contributed by atoms with E-state index in [2.05, 4.69) is 35.8 Å². The predicted molar refractivity (Wildman–Crippen MR) is 90.8 cm³/mol. The van der Waals surface area contributed by atoms with Crippen molar-refractivity contribution < 1.29 is 9.09 Å². The van der Waals surface area contributed by atoms with Gasteiger partial charge in [0.1, 0.15) is 0 Å². The lowest BCUT2D eigenvalue weighted by Crippen LogP contribution is -2.38. The minimum Gasteiger partial charge on any atom is -0.316 e. The van der Waals surface area contributed by atoms with Gasteiger partial charge in [0, 0.05) is 23.3 Å². The molecule has 21 heavy (non-hydrogen) atoms. The highest BCUT2D eigenvalue weighted by atomic mass is 79.9. The summed E-state index contributed by atoms with van der Waals surface area (Å²) in [7, 11) is -2.93. The molecule has 1 fully saturated rings. The second-order valence-corrected chi connectivity index (χ2v) is 12.2. The molecule has 1 aliphatic heterocycles. The molecule has 1 saturated heterocycles. The van der Waals surface area contributed by atoms with E-state index in [1.54, 1.807) is 0 Å². The van der Waals surface area contributed by atoms with Crippen molar-refractivity contribution >= 4 is 23.4 Å². The molecule has 0 saturated carbocycles. The number of nitriles is 1. The fourth-order valence-corrected chi connectivity index (χ4v) is 5.19. The van der Waals surface area contributed by atoms with Crippen LogP contribution in [0, 0.1) is 17.2 Å². The molecule has 0 N–H and O–H groups in total. The normalized spacial score (nSPS) is 24.0. The van der Waals surface area contributed by atoms with Crippen LogP contribution >= 0.6 is 23.4 Å². The first-order chi connectivity index (χ1) is 9.55. The summed E-state index contributed by atoms with van der Waals surface area (Å²) in [6.07, 6.45) is 2.46. The van der Waals surface area contributed by atoms with Gasteiger partial charge in [-0.2, -0.15) is 5.26 Å². The highest BCUT2D eigenvalue weighted by Gasteiger charge is 2.45. The molecule has 0 aromatic heterocycles. The third-order valence-corrected chi connectivity index (χ3v) is 8.26. The number of alkyl halides is 1. The van der Waals surface area contributed by atoms with Crippen LogP contribution in [0.4, 0.5) is 0 Å². The van der Waals surface area contributed by atoms with Crippen LogP contribution < -0.4 is 0 Å². The summed E-state index contributed by atoms with van der Waals surface area (Å²) in [6.45, 7) is 11.8. The summed E-state index contributed by atoms with van der Waals surface area (Å²) in [5, 5.41) is 8.58. The Morgan fingerprint density at radius 2 is 1.86 bits per heavy atom. The molecule has 0 amide bonds. The Hall–Kier alpha value is 0.120. The summed E-state index contributed by atoms with van der Waals surface area (Å²) >= 11 is 3.64. The lowest BCUT2D eigenvalue weighted by Gasteiger charge is -2.42. The molecule has 0 aromatic rings. The van der Waals surface area contributed by atoms with Crippen LogP contribution in [0.15, 0.2) is 0 Å². The monoisotopic (exact) mass is 378 g/mol. The van der Waals surface area contributed by atoms with Crippen molar-refractivity contribution in [3.8, 4) is 6.07 Å². The van der Waals surface area contributed by atoms with E-state index in [4.69, 9.17) is 9.79 Å². The van der Waals surface area contributed by atoms with E-state index in [1.165, 1.54) is 0 Å². The van der Waals surface area contributed by atoms with Crippen LogP contribution in [-0.2, 0) is 9.09 Å². The molecule has 122 valence electrons. The average Bonchev–Trinajstić information content (AvgIpc) is 2.43. The summed E-state index contributed by atoms with van der Waals surface area (Å²) in [4.78, 5) is 0. The van der Waals surface area contributed by atoms with Gasteiger partial charge in [-0.25, -0.2) is 4.67 Å². The number of halogens is 1. The number of piperidine rings is 1. The van der Waals surface area contributed by atoms with E-state index in [0.29, 0.717) is 19.7 Å². The zero-order chi connectivity index (χ0) is 16.3. The highest BCUT2D eigenvalue weighted by Crippen LogP contribution is 2.62.